The molecule has 0 spiro atoms. The van der Waals surface area contributed by atoms with Crippen LogP contribution in [0.15, 0.2) is 64.4 Å². The number of fused-ring (bicyclic) bond motifs is 3. The van der Waals surface area contributed by atoms with Gasteiger partial charge in [-0.3, -0.25) is 9.59 Å². The van der Waals surface area contributed by atoms with E-state index in [4.69, 9.17) is 14.3 Å². The zero-order valence-corrected chi connectivity index (χ0v) is 21.4. The van der Waals surface area contributed by atoms with Crippen molar-refractivity contribution < 1.29 is 24.3 Å². The van der Waals surface area contributed by atoms with E-state index in [0.29, 0.717) is 11.3 Å². The van der Waals surface area contributed by atoms with Gasteiger partial charge in [0.1, 0.15) is 0 Å². The minimum atomic E-state index is -0.833. The van der Waals surface area contributed by atoms with Crippen molar-refractivity contribution in [3.8, 4) is 0 Å². The fraction of sp³-hybridized carbons (Fsp3) is 0.367. The summed E-state index contributed by atoms with van der Waals surface area (Å²) in [7, 11) is 0. The number of benzene rings is 2. The monoisotopic (exact) mass is 502 g/mol. The first kappa shape index (κ1) is 26.2. The maximum Gasteiger partial charge on any atom is 0.300 e. The maximum absolute atomic E-state index is 12.9. The van der Waals surface area contributed by atoms with Gasteiger partial charge < -0.3 is 19.3 Å². The number of aliphatic carboxylic acids is 1. The summed E-state index contributed by atoms with van der Waals surface area (Å²) in [5, 5.41) is 23.0. The van der Waals surface area contributed by atoms with Crippen LogP contribution in [0, 0.1) is 5.92 Å². The number of carboxylic acid groups (broad SMARTS) is 1. The fourth-order valence-electron chi connectivity index (χ4n) is 5.38. The average molecular weight is 503 g/mol. The van der Waals surface area contributed by atoms with Crippen molar-refractivity contribution in [2.24, 2.45) is 11.1 Å². The highest BCUT2D eigenvalue weighted by molar-refractivity contribution is 6.15. The molecule has 7 heteroatoms. The number of hydrogen-bond acceptors (Lipinski definition) is 5. The Balaban J connectivity index is 0.000000747. The lowest BCUT2D eigenvalue weighted by Gasteiger charge is -2.21. The lowest BCUT2D eigenvalue weighted by atomic mass is 9.85. The van der Waals surface area contributed by atoms with Crippen LogP contribution in [0.3, 0.4) is 0 Å². The normalized spacial score (nSPS) is 14.5. The van der Waals surface area contributed by atoms with Gasteiger partial charge in [-0.25, -0.2) is 0 Å². The van der Waals surface area contributed by atoms with Crippen molar-refractivity contribution >= 4 is 39.3 Å². The third-order valence-corrected chi connectivity index (χ3v) is 7.16. The first-order valence-corrected chi connectivity index (χ1v) is 13.0. The van der Waals surface area contributed by atoms with Crippen molar-refractivity contribution in [3.05, 3.63) is 71.7 Å². The summed E-state index contributed by atoms with van der Waals surface area (Å²) >= 11 is 0. The van der Waals surface area contributed by atoms with Gasteiger partial charge in [-0.1, -0.05) is 43.3 Å². The van der Waals surface area contributed by atoms with Gasteiger partial charge in [-0.05, 0) is 68.1 Å². The van der Waals surface area contributed by atoms with Crippen LogP contribution in [0.1, 0.15) is 80.5 Å². The molecule has 1 aliphatic carbocycles. The van der Waals surface area contributed by atoms with Crippen molar-refractivity contribution in [1.29, 1.82) is 0 Å². The lowest BCUT2D eigenvalue weighted by Crippen LogP contribution is -2.10. The molecule has 2 heterocycles. The van der Waals surface area contributed by atoms with Crippen LogP contribution in [0.4, 0.5) is 0 Å². The number of hydrogen-bond donors (Lipinski definition) is 2. The zero-order chi connectivity index (χ0) is 26.4. The Kier molecular flexibility index (Phi) is 8.43. The van der Waals surface area contributed by atoms with Gasteiger partial charge in [0.25, 0.3) is 5.97 Å². The minimum Gasteiger partial charge on any atom is -0.481 e. The molecule has 7 nitrogen and oxygen atoms in total. The van der Waals surface area contributed by atoms with E-state index < -0.39 is 5.97 Å². The van der Waals surface area contributed by atoms with Crippen molar-refractivity contribution in [2.75, 3.05) is 0 Å². The summed E-state index contributed by atoms with van der Waals surface area (Å²) in [6.07, 6.45) is 9.92. The van der Waals surface area contributed by atoms with E-state index in [0.717, 1.165) is 65.3 Å². The second kappa shape index (κ2) is 11.9. The Morgan fingerprint density at radius 3 is 2.19 bits per heavy atom. The van der Waals surface area contributed by atoms with Crippen LogP contribution in [0.25, 0.3) is 21.8 Å². The molecule has 1 aliphatic rings. The molecule has 0 radical (unpaired) electrons. The SMILES string of the molecule is CC(=O)O.CCn1c2ccc(C(=O)c3ccco3)cc2c2cc(C(CCC3CCCCC3)=NO)ccc21. The Morgan fingerprint density at radius 2 is 1.62 bits per heavy atom. The molecule has 194 valence electrons. The third kappa shape index (κ3) is 5.93. The summed E-state index contributed by atoms with van der Waals surface area (Å²) in [5.41, 5.74) is 4.49. The molecule has 1 saturated carbocycles. The number of aromatic nitrogens is 1. The average Bonchev–Trinajstić information content (AvgIpc) is 3.55. The highest BCUT2D eigenvalue weighted by atomic mass is 16.4. The number of nitrogens with zero attached hydrogens (tertiary/aromatic N) is 2. The number of carboxylic acids is 1. The molecular weight excluding hydrogens is 468 g/mol. The summed E-state index contributed by atoms with van der Waals surface area (Å²) in [5.74, 6) is 0.114. The molecular formula is C30H34N2O5. The Hall–Kier alpha value is -3.87. The molecule has 0 unspecified atom stereocenters. The van der Waals surface area contributed by atoms with E-state index in [1.54, 1.807) is 12.1 Å². The van der Waals surface area contributed by atoms with Crippen LogP contribution < -0.4 is 0 Å². The standard InChI is InChI=1S/C28H30N2O3.C2H4O2/c1-2-30-25-14-11-20(24(29-32)13-10-19-7-4-3-5-8-19)17-22(25)23-18-21(12-15-26(23)30)28(31)27-9-6-16-33-27;1-2(3)4/h6,9,11-12,14-19,32H,2-5,7-8,10,13H2,1H3;1H3,(H,3,4). The third-order valence-electron chi connectivity index (χ3n) is 7.16. The largest absolute Gasteiger partial charge is 0.481 e. The van der Waals surface area contributed by atoms with Crippen molar-refractivity contribution in [1.82, 2.24) is 4.57 Å². The number of furan rings is 1. The van der Waals surface area contributed by atoms with E-state index in [9.17, 15) is 10.0 Å². The molecule has 4 aromatic rings. The van der Waals surface area contributed by atoms with Gasteiger partial charge in [0.2, 0.25) is 5.78 Å². The highest BCUT2D eigenvalue weighted by Gasteiger charge is 2.18. The smallest absolute Gasteiger partial charge is 0.300 e. The molecule has 2 aromatic heterocycles. The summed E-state index contributed by atoms with van der Waals surface area (Å²) in [4.78, 5) is 21.9. The molecule has 0 aliphatic heterocycles. The van der Waals surface area contributed by atoms with E-state index in [1.807, 2.05) is 18.2 Å². The Morgan fingerprint density at radius 1 is 1.00 bits per heavy atom. The highest BCUT2D eigenvalue weighted by Crippen LogP contribution is 2.33. The number of carbonyl (C=O) groups is 2. The van der Waals surface area contributed by atoms with Gasteiger partial charge in [0, 0.05) is 46.4 Å². The number of rotatable bonds is 7. The van der Waals surface area contributed by atoms with Crippen LogP contribution in [-0.4, -0.2) is 32.3 Å². The summed E-state index contributed by atoms with van der Waals surface area (Å²) in [6.45, 7) is 4.03. The predicted octanol–water partition coefficient (Wildman–Crippen LogP) is 7.27. The number of aryl methyl sites for hydroxylation is 1. The van der Waals surface area contributed by atoms with Crippen LogP contribution in [0.5, 0.6) is 0 Å². The van der Waals surface area contributed by atoms with Gasteiger partial charge in [-0.2, -0.15) is 0 Å². The first-order chi connectivity index (χ1) is 17.9. The lowest BCUT2D eigenvalue weighted by molar-refractivity contribution is -0.134. The van der Waals surface area contributed by atoms with E-state index in [1.165, 1.54) is 38.4 Å². The molecule has 37 heavy (non-hydrogen) atoms. The van der Waals surface area contributed by atoms with Gasteiger partial charge in [0.15, 0.2) is 5.76 Å². The van der Waals surface area contributed by atoms with Crippen molar-refractivity contribution in [3.63, 3.8) is 0 Å². The quantitative estimate of drug-likeness (QED) is 0.120. The van der Waals surface area contributed by atoms with Gasteiger partial charge in [-0.15, -0.1) is 0 Å². The Bertz CT molecular complexity index is 1410. The van der Waals surface area contributed by atoms with Gasteiger partial charge in [0.05, 0.1) is 12.0 Å². The molecule has 2 aromatic carbocycles. The van der Waals surface area contributed by atoms with Crippen LogP contribution in [0.2, 0.25) is 0 Å². The predicted molar refractivity (Wildman–Crippen MR) is 145 cm³/mol. The van der Waals surface area contributed by atoms with E-state index in [-0.39, 0.29) is 5.78 Å². The van der Waals surface area contributed by atoms with Crippen molar-refractivity contribution in [2.45, 2.75) is 65.3 Å². The maximum atomic E-state index is 12.9. The molecule has 1 fully saturated rings. The minimum absolute atomic E-state index is 0.124. The molecule has 0 bridgehead atoms. The summed E-state index contributed by atoms with van der Waals surface area (Å²) < 4.78 is 7.58. The molecule has 0 saturated heterocycles. The molecule has 5 rings (SSSR count). The number of oxime groups is 1. The molecule has 0 amide bonds. The van der Waals surface area contributed by atoms with Gasteiger partial charge >= 0.3 is 0 Å². The van der Waals surface area contributed by atoms with Crippen LogP contribution >= 0.6 is 0 Å². The molecule has 0 atom stereocenters. The first-order valence-electron chi connectivity index (χ1n) is 13.0. The Labute approximate surface area is 216 Å². The van der Waals surface area contributed by atoms with Crippen LogP contribution in [-0.2, 0) is 11.3 Å². The fourth-order valence-corrected chi connectivity index (χ4v) is 5.38. The second-order valence-electron chi connectivity index (χ2n) is 9.62. The number of carbonyl (C=O) groups excluding carboxylic acids is 1. The van der Waals surface area contributed by atoms with E-state index >= 15 is 0 Å². The molecule has 2 N–H and O–H groups in total. The topological polar surface area (TPSA) is 105 Å². The zero-order valence-electron chi connectivity index (χ0n) is 21.4. The number of ketones is 1. The second-order valence-corrected chi connectivity index (χ2v) is 9.62. The summed E-state index contributed by atoms with van der Waals surface area (Å²) in [6, 6.07) is 15.5. The van der Waals surface area contributed by atoms with E-state index in [2.05, 4.69) is 34.8 Å².